The number of methoxy groups -OCH3 is 1. The lowest BCUT2D eigenvalue weighted by Crippen LogP contribution is -2.27. The third-order valence-corrected chi connectivity index (χ3v) is 2.52. The Bertz CT molecular complexity index is 316. The molecular weight excluding hydrogens is 204 g/mol. The van der Waals surface area contributed by atoms with Crippen LogP contribution in [0.5, 0.6) is 0 Å². The van der Waals surface area contributed by atoms with Gasteiger partial charge in [-0.3, -0.25) is 0 Å². The molecule has 0 aliphatic carbocycles. The van der Waals surface area contributed by atoms with E-state index in [1.165, 1.54) is 0 Å². The highest BCUT2D eigenvalue weighted by atomic mass is 16.5. The zero-order chi connectivity index (χ0) is 12.0. The van der Waals surface area contributed by atoms with Crippen LogP contribution < -0.4 is 4.90 Å². The summed E-state index contributed by atoms with van der Waals surface area (Å²) in [6.45, 7) is 6.19. The van der Waals surface area contributed by atoms with Gasteiger partial charge in [-0.05, 0) is 31.5 Å². The Morgan fingerprint density at radius 1 is 1.56 bits per heavy atom. The summed E-state index contributed by atoms with van der Waals surface area (Å²) in [7, 11) is 1.69. The van der Waals surface area contributed by atoms with Crippen LogP contribution in [0.3, 0.4) is 0 Å². The minimum Gasteiger partial charge on any atom is -0.389 e. The van der Waals surface area contributed by atoms with Gasteiger partial charge in [-0.1, -0.05) is 0 Å². The van der Waals surface area contributed by atoms with Gasteiger partial charge in [0.1, 0.15) is 5.82 Å². The average molecular weight is 224 g/mol. The van der Waals surface area contributed by atoms with E-state index in [-0.39, 0.29) is 0 Å². The molecule has 1 N–H and O–H groups in total. The van der Waals surface area contributed by atoms with E-state index in [9.17, 15) is 5.11 Å². The third kappa shape index (κ3) is 3.47. The highest BCUT2D eigenvalue weighted by Gasteiger charge is 2.08. The summed E-state index contributed by atoms with van der Waals surface area (Å²) in [4.78, 5) is 6.43. The monoisotopic (exact) mass is 224 g/mol. The lowest BCUT2D eigenvalue weighted by molar-refractivity contribution is 0.199. The van der Waals surface area contributed by atoms with Crippen molar-refractivity contribution in [2.24, 2.45) is 0 Å². The summed E-state index contributed by atoms with van der Waals surface area (Å²) in [5, 5.41) is 9.51. The number of ether oxygens (including phenoxy) is 1. The summed E-state index contributed by atoms with van der Waals surface area (Å²) in [6.07, 6.45) is 1.27. The van der Waals surface area contributed by atoms with E-state index < -0.39 is 6.10 Å². The molecule has 0 aliphatic heterocycles. The maximum absolute atomic E-state index is 9.51. The van der Waals surface area contributed by atoms with Crippen LogP contribution in [0.2, 0.25) is 0 Å². The molecule has 1 heterocycles. The summed E-state index contributed by atoms with van der Waals surface area (Å²) >= 11 is 0. The first-order chi connectivity index (χ1) is 7.69. The Morgan fingerprint density at radius 3 is 2.88 bits per heavy atom. The number of anilines is 1. The average Bonchev–Trinajstić information content (AvgIpc) is 2.30. The molecule has 1 atom stereocenters. The molecule has 4 heteroatoms. The van der Waals surface area contributed by atoms with Gasteiger partial charge >= 0.3 is 0 Å². The Balaban J connectivity index is 2.79. The fraction of sp³-hybridized carbons (Fsp3) is 0.583. The van der Waals surface area contributed by atoms with Crippen LogP contribution in [-0.2, 0) is 4.74 Å². The molecule has 0 radical (unpaired) electrons. The van der Waals surface area contributed by atoms with Crippen LogP contribution in [0.15, 0.2) is 18.3 Å². The largest absolute Gasteiger partial charge is 0.389 e. The molecule has 90 valence electrons. The molecule has 1 rings (SSSR count). The number of pyridine rings is 1. The van der Waals surface area contributed by atoms with Gasteiger partial charge in [0.05, 0.1) is 12.7 Å². The van der Waals surface area contributed by atoms with E-state index in [1.807, 2.05) is 12.1 Å². The molecule has 0 aliphatic rings. The molecule has 0 bridgehead atoms. The van der Waals surface area contributed by atoms with Crippen molar-refractivity contribution in [2.45, 2.75) is 20.0 Å². The van der Waals surface area contributed by atoms with Crippen LogP contribution >= 0.6 is 0 Å². The van der Waals surface area contributed by atoms with E-state index in [1.54, 1.807) is 20.2 Å². The number of aromatic nitrogens is 1. The zero-order valence-electron chi connectivity index (χ0n) is 10.2. The second kappa shape index (κ2) is 6.45. The van der Waals surface area contributed by atoms with Gasteiger partial charge in [0.25, 0.3) is 0 Å². The van der Waals surface area contributed by atoms with Crippen molar-refractivity contribution < 1.29 is 9.84 Å². The standard InChI is InChI=1S/C12H20N2O2/c1-4-14(7-8-16-3)12-9-11(10(2)15)5-6-13-12/h5-6,9-10,15H,4,7-8H2,1-3H3. The second-order valence-corrected chi connectivity index (χ2v) is 3.70. The van der Waals surface area contributed by atoms with E-state index in [4.69, 9.17) is 4.74 Å². The van der Waals surface area contributed by atoms with Gasteiger partial charge in [0.15, 0.2) is 0 Å². The van der Waals surface area contributed by atoms with Gasteiger partial charge in [-0.15, -0.1) is 0 Å². The quantitative estimate of drug-likeness (QED) is 0.797. The molecule has 0 saturated carbocycles. The summed E-state index contributed by atoms with van der Waals surface area (Å²) in [5.41, 5.74) is 0.890. The SMILES string of the molecule is CCN(CCOC)c1cc(C(C)O)ccn1. The number of aliphatic hydroxyl groups excluding tert-OH is 1. The molecule has 0 spiro atoms. The lowest BCUT2D eigenvalue weighted by atomic mass is 10.1. The Morgan fingerprint density at radius 2 is 2.31 bits per heavy atom. The minimum atomic E-state index is -0.456. The fourth-order valence-electron chi connectivity index (χ4n) is 1.50. The topological polar surface area (TPSA) is 45.6 Å². The fourth-order valence-corrected chi connectivity index (χ4v) is 1.50. The van der Waals surface area contributed by atoms with Crippen LogP contribution in [0.4, 0.5) is 5.82 Å². The molecular formula is C12H20N2O2. The van der Waals surface area contributed by atoms with E-state index in [0.29, 0.717) is 6.61 Å². The van der Waals surface area contributed by atoms with E-state index in [0.717, 1.165) is 24.5 Å². The maximum Gasteiger partial charge on any atom is 0.128 e. The van der Waals surface area contributed by atoms with Crippen molar-refractivity contribution in [3.63, 3.8) is 0 Å². The molecule has 0 amide bonds. The normalized spacial score (nSPS) is 12.5. The number of nitrogens with zero attached hydrogens (tertiary/aromatic N) is 2. The van der Waals surface area contributed by atoms with Crippen molar-refractivity contribution in [2.75, 3.05) is 31.7 Å². The molecule has 0 fully saturated rings. The second-order valence-electron chi connectivity index (χ2n) is 3.70. The molecule has 4 nitrogen and oxygen atoms in total. The van der Waals surface area contributed by atoms with E-state index in [2.05, 4.69) is 16.8 Å². The summed E-state index contributed by atoms with van der Waals surface area (Å²) in [5.74, 6) is 0.887. The van der Waals surface area contributed by atoms with Crippen LogP contribution in [0.25, 0.3) is 0 Å². The van der Waals surface area contributed by atoms with Crippen molar-refractivity contribution in [3.05, 3.63) is 23.9 Å². The number of rotatable bonds is 6. The first kappa shape index (κ1) is 12.9. The molecule has 0 aromatic carbocycles. The summed E-state index contributed by atoms with van der Waals surface area (Å²) in [6, 6.07) is 3.75. The van der Waals surface area contributed by atoms with Crippen molar-refractivity contribution in [3.8, 4) is 0 Å². The van der Waals surface area contributed by atoms with Gasteiger partial charge in [0, 0.05) is 26.4 Å². The first-order valence-electron chi connectivity index (χ1n) is 5.57. The highest BCUT2D eigenvalue weighted by Crippen LogP contribution is 2.17. The lowest BCUT2D eigenvalue weighted by Gasteiger charge is -2.22. The maximum atomic E-state index is 9.51. The van der Waals surface area contributed by atoms with Crippen molar-refractivity contribution in [1.29, 1.82) is 0 Å². The third-order valence-electron chi connectivity index (χ3n) is 2.52. The minimum absolute atomic E-state index is 0.456. The van der Waals surface area contributed by atoms with E-state index >= 15 is 0 Å². The zero-order valence-corrected chi connectivity index (χ0v) is 10.2. The van der Waals surface area contributed by atoms with Crippen LogP contribution in [0, 0.1) is 0 Å². The number of aliphatic hydroxyl groups is 1. The molecule has 1 unspecified atom stereocenters. The van der Waals surface area contributed by atoms with Gasteiger partial charge in [-0.25, -0.2) is 4.98 Å². The smallest absolute Gasteiger partial charge is 0.128 e. The molecule has 0 saturated heterocycles. The first-order valence-corrected chi connectivity index (χ1v) is 5.57. The van der Waals surface area contributed by atoms with Crippen LogP contribution in [0.1, 0.15) is 25.5 Å². The highest BCUT2D eigenvalue weighted by molar-refractivity contribution is 5.41. The van der Waals surface area contributed by atoms with Crippen molar-refractivity contribution in [1.82, 2.24) is 4.98 Å². The van der Waals surface area contributed by atoms with Gasteiger partial charge in [-0.2, -0.15) is 0 Å². The van der Waals surface area contributed by atoms with Crippen LogP contribution in [-0.4, -0.2) is 36.9 Å². The molecule has 1 aromatic rings. The number of likely N-dealkylation sites (N-methyl/N-ethyl adjacent to an activating group) is 1. The predicted molar refractivity (Wildman–Crippen MR) is 64.6 cm³/mol. The van der Waals surface area contributed by atoms with Gasteiger partial charge in [0.2, 0.25) is 0 Å². The van der Waals surface area contributed by atoms with Gasteiger partial charge < -0.3 is 14.7 Å². The Labute approximate surface area is 96.9 Å². The Hall–Kier alpha value is -1.13. The Kier molecular flexibility index (Phi) is 5.22. The molecule has 16 heavy (non-hydrogen) atoms. The summed E-state index contributed by atoms with van der Waals surface area (Å²) < 4.78 is 5.05. The van der Waals surface area contributed by atoms with Crippen molar-refractivity contribution >= 4 is 5.82 Å². The number of hydrogen-bond donors (Lipinski definition) is 1. The predicted octanol–water partition coefficient (Wildman–Crippen LogP) is 1.61. The molecule has 1 aromatic heterocycles. The number of hydrogen-bond acceptors (Lipinski definition) is 4.